The second-order valence-electron chi connectivity index (χ2n) is 18.7. The number of aliphatic imine (C=N–C) groups is 2. The van der Waals surface area contributed by atoms with Crippen LogP contribution >= 0.6 is 0 Å². The first-order valence-electron chi connectivity index (χ1n) is 27.4. The summed E-state index contributed by atoms with van der Waals surface area (Å²) >= 11 is 0. The largest absolute Gasteiger partial charge is 0.252 e. The van der Waals surface area contributed by atoms with Crippen LogP contribution < -0.4 is 0 Å². The van der Waals surface area contributed by atoms with Crippen molar-refractivity contribution in [2.24, 2.45) is 9.98 Å². The number of unbranched alkanes of at least 4 members (excludes halogenated alkanes) is 31. The maximum absolute atomic E-state index is 5.40. The van der Waals surface area contributed by atoms with Gasteiger partial charge in [-0.1, -0.05) is 231 Å². The molecule has 0 bridgehead atoms. The summed E-state index contributed by atoms with van der Waals surface area (Å²) in [6.07, 6.45) is 50.3. The predicted molar refractivity (Wildman–Crippen MR) is 284 cm³/mol. The van der Waals surface area contributed by atoms with Crippen molar-refractivity contribution in [2.45, 2.75) is 278 Å². The molecule has 0 fully saturated rings. The number of nitrogens with zero attached hydrogens (tertiary/aromatic N) is 2. The fraction of sp³-hybridized carbons (Fsp3) is 0.705. The predicted octanol–water partition coefficient (Wildman–Crippen LogP) is 20.1. The van der Waals surface area contributed by atoms with E-state index in [1.165, 1.54) is 197 Å². The van der Waals surface area contributed by atoms with Gasteiger partial charge in [-0.2, -0.15) is 0 Å². The smallest absolute Gasteiger partial charge is 0.0665 e. The van der Waals surface area contributed by atoms with Crippen LogP contribution in [0.3, 0.4) is 0 Å². The molecule has 0 atom stereocenters. The minimum Gasteiger partial charge on any atom is -0.252 e. The molecule has 0 aliphatic heterocycles. The maximum atomic E-state index is 5.40. The molecule has 0 N–H and O–H groups in total. The molecule has 64 heavy (non-hydrogen) atoms. The van der Waals surface area contributed by atoms with Crippen LogP contribution in [0.4, 0.5) is 11.4 Å². The number of benzene rings is 2. The van der Waals surface area contributed by atoms with Crippen molar-refractivity contribution < 1.29 is 16.5 Å². The molecule has 0 amide bonds. The van der Waals surface area contributed by atoms with Crippen molar-refractivity contribution in [3.8, 4) is 23.7 Å². The van der Waals surface area contributed by atoms with Crippen LogP contribution in [-0.4, -0.2) is 11.4 Å². The summed E-state index contributed by atoms with van der Waals surface area (Å²) in [5, 5.41) is 0. The molecule has 362 valence electrons. The molecule has 2 nitrogen and oxygen atoms in total. The van der Waals surface area contributed by atoms with Gasteiger partial charge in [-0.05, 0) is 81.5 Å². The van der Waals surface area contributed by atoms with E-state index in [4.69, 9.17) is 9.98 Å². The van der Waals surface area contributed by atoms with Crippen LogP contribution in [0.15, 0.2) is 58.5 Å². The normalized spacial score (nSPS) is 11.5. The molecule has 0 unspecified atom stereocenters. The van der Waals surface area contributed by atoms with Crippen LogP contribution in [0.2, 0.25) is 0 Å². The third-order valence-electron chi connectivity index (χ3n) is 12.8. The van der Waals surface area contributed by atoms with Gasteiger partial charge < -0.3 is 0 Å². The minimum absolute atomic E-state index is 0. The molecule has 0 aromatic heterocycles. The van der Waals surface area contributed by atoms with Gasteiger partial charge in [0.15, 0.2) is 0 Å². The maximum Gasteiger partial charge on any atom is 0.0665 e. The van der Waals surface area contributed by atoms with Crippen molar-refractivity contribution in [3.05, 3.63) is 59.7 Å². The fourth-order valence-electron chi connectivity index (χ4n) is 8.64. The molecule has 2 rings (SSSR count). The van der Waals surface area contributed by atoms with E-state index in [2.05, 4.69) is 99.9 Å². The molecule has 2 aromatic carbocycles. The van der Waals surface area contributed by atoms with E-state index in [0.29, 0.717) is 0 Å². The molecule has 0 saturated heterocycles. The van der Waals surface area contributed by atoms with E-state index in [0.717, 1.165) is 87.0 Å². The van der Waals surface area contributed by atoms with Crippen molar-refractivity contribution in [3.63, 3.8) is 0 Å². The molecule has 3 heteroatoms. The zero-order valence-electron chi connectivity index (χ0n) is 42.4. The second-order valence-corrected chi connectivity index (χ2v) is 18.7. The quantitative estimate of drug-likeness (QED) is 0.0275. The Kier molecular flexibility index (Phi) is 42.3. The SMILES string of the molecule is CCCCCCCCCCCCCCC#CCCCc1ccccc1N=C(C)C(CCCCCCCC)=Nc1ccccc1CCCC#CCCCCCCCCCCCCCC.[Ni]. The topological polar surface area (TPSA) is 24.7 Å². The number of hydrogen-bond acceptors (Lipinski definition) is 2. The Balaban J connectivity index is 0.0000205. The van der Waals surface area contributed by atoms with Crippen molar-refractivity contribution in [1.29, 1.82) is 0 Å². The number of hydrogen-bond donors (Lipinski definition) is 0. The summed E-state index contributed by atoms with van der Waals surface area (Å²) in [5.74, 6) is 13.9. The molecular weight excluding hydrogens is 819 g/mol. The average molecular weight is 918 g/mol. The fourth-order valence-corrected chi connectivity index (χ4v) is 8.64. The van der Waals surface area contributed by atoms with Gasteiger partial charge >= 0.3 is 0 Å². The Morgan fingerprint density at radius 3 is 1.03 bits per heavy atom. The van der Waals surface area contributed by atoms with Gasteiger partial charge in [0.25, 0.3) is 0 Å². The van der Waals surface area contributed by atoms with Gasteiger partial charge in [0.1, 0.15) is 0 Å². The zero-order chi connectivity index (χ0) is 44.9. The number of rotatable bonds is 40. The van der Waals surface area contributed by atoms with Crippen molar-refractivity contribution in [1.82, 2.24) is 0 Å². The van der Waals surface area contributed by atoms with E-state index in [1.54, 1.807) is 0 Å². The number of para-hydroxylation sites is 2. The Labute approximate surface area is 408 Å². The van der Waals surface area contributed by atoms with Crippen LogP contribution in [0.25, 0.3) is 0 Å². The first kappa shape index (κ1) is 59.4. The van der Waals surface area contributed by atoms with Gasteiger partial charge in [0.2, 0.25) is 0 Å². The van der Waals surface area contributed by atoms with Crippen LogP contribution in [0, 0.1) is 23.7 Å². The Hall–Kier alpha value is -2.61. The van der Waals surface area contributed by atoms with Crippen LogP contribution in [0.1, 0.15) is 276 Å². The summed E-state index contributed by atoms with van der Waals surface area (Å²) in [4.78, 5) is 10.7. The zero-order valence-corrected chi connectivity index (χ0v) is 43.4. The van der Waals surface area contributed by atoms with Gasteiger partial charge in [0, 0.05) is 42.2 Å². The third-order valence-corrected chi connectivity index (χ3v) is 12.8. The van der Waals surface area contributed by atoms with E-state index in [1.807, 2.05) is 0 Å². The van der Waals surface area contributed by atoms with Gasteiger partial charge in [-0.15, -0.1) is 23.7 Å². The Bertz CT molecular complexity index is 1550. The Morgan fingerprint density at radius 1 is 0.359 bits per heavy atom. The summed E-state index contributed by atoms with van der Waals surface area (Å²) in [7, 11) is 0. The average Bonchev–Trinajstić information content (AvgIpc) is 3.30. The molecule has 0 aliphatic carbocycles. The molecule has 0 spiro atoms. The summed E-state index contributed by atoms with van der Waals surface area (Å²) < 4.78 is 0. The third kappa shape index (κ3) is 33.8. The first-order chi connectivity index (χ1) is 31.2. The van der Waals surface area contributed by atoms with Crippen LogP contribution in [0.5, 0.6) is 0 Å². The van der Waals surface area contributed by atoms with Gasteiger partial charge in [0.05, 0.1) is 22.8 Å². The summed E-state index contributed by atoms with van der Waals surface area (Å²) in [6, 6.07) is 17.5. The molecule has 0 radical (unpaired) electrons. The number of aryl methyl sites for hydroxylation is 2. The summed E-state index contributed by atoms with van der Waals surface area (Å²) in [6.45, 7) is 9.07. The van der Waals surface area contributed by atoms with E-state index < -0.39 is 0 Å². The molecular formula is C61H98N2Ni. The van der Waals surface area contributed by atoms with Crippen molar-refractivity contribution >= 4 is 22.8 Å². The van der Waals surface area contributed by atoms with E-state index >= 15 is 0 Å². The molecule has 0 heterocycles. The van der Waals surface area contributed by atoms with Crippen molar-refractivity contribution in [2.75, 3.05) is 0 Å². The first-order valence-corrected chi connectivity index (χ1v) is 27.4. The van der Waals surface area contributed by atoms with Gasteiger partial charge in [-0.3, -0.25) is 9.98 Å². The minimum atomic E-state index is 0. The Morgan fingerprint density at radius 2 is 0.656 bits per heavy atom. The monoisotopic (exact) mass is 917 g/mol. The molecule has 0 saturated carbocycles. The van der Waals surface area contributed by atoms with Crippen LogP contribution in [-0.2, 0) is 29.3 Å². The van der Waals surface area contributed by atoms with E-state index in [-0.39, 0.29) is 16.5 Å². The second kappa shape index (κ2) is 45.5. The van der Waals surface area contributed by atoms with E-state index in [9.17, 15) is 0 Å². The molecule has 2 aromatic rings. The standard InChI is InChI=1S/C61H98N2.Ni/c1-5-8-11-14-17-19-21-23-25-27-29-31-33-35-37-39-42-49-57-51-45-47-54-60(57)62-56(4)59(53-44-41-16-13-10-7-3)63-61-55-48-46-52-58(61)50-43-40-38-36-34-32-30-28-26-24-22-20-18-15-12-9-6-2;/h45-48,51-52,54-55H,5-34,39-44,49-50,53H2,1-4H3;. The molecule has 0 aliphatic rings. The summed E-state index contributed by atoms with van der Waals surface area (Å²) in [5.41, 5.74) is 7.03. The van der Waals surface area contributed by atoms with Gasteiger partial charge in [-0.25, -0.2) is 0 Å².